The lowest BCUT2D eigenvalue weighted by Crippen LogP contribution is -2.49. The Hall–Kier alpha value is -3.85. The van der Waals surface area contributed by atoms with Gasteiger partial charge in [-0.25, -0.2) is 9.78 Å². The highest BCUT2D eigenvalue weighted by atomic mass is 16.5. The predicted octanol–water partition coefficient (Wildman–Crippen LogP) is 3.37. The number of piperazine rings is 1. The molecule has 0 atom stereocenters. The zero-order chi connectivity index (χ0) is 24.1. The minimum atomic E-state index is -0.132. The highest BCUT2D eigenvalue weighted by molar-refractivity contribution is 5.94. The molecule has 34 heavy (non-hydrogen) atoms. The van der Waals surface area contributed by atoms with Gasteiger partial charge in [0.2, 0.25) is 5.89 Å². The van der Waals surface area contributed by atoms with Gasteiger partial charge in [-0.15, -0.1) is 0 Å². The van der Waals surface area contributed by atoms with Crippen LogP contribution in [0.25, 0.3) is 11.5 Å². The first-order chi connectivity index (χ1) is 16.5. The summed E-state index contributed by atoms with van der Waals surface area (Å²) in [4.78, 5) is 33.1. The van der Waals surface area contributed by atoms with Gasteiger partial charge >= 0.3 is 6.03 Å². The van der Waals surface area contributed by atoms with Gasteiger partial charge in [0.15, 0.2) is 0 Å². The zero-order valence-corrected chi connectivity index (χ0v) is 19.6. The van der Waals surface area contributed by atoms with E-state index in [1.165, 1.54) is 0 Å². The Balaban J connectivity index is 1.32. The van der Waals surface area contributed by atoms with E-state index in [-0.39, 0.29) is 11.9 Å². The van der Waals surface area contributed by atoms with Crippen LogP contribution in [0.3, 0.4) is 0 Å². The second kappa shape index (κ2) is 10.4. The van der Waals surface area contributed by atoms with Crippen LogP contribution in [0.15, 0.2) is 52.9 Å². The van der Waals surface area contributed by atoms with Crippen molar-refractivity contribution in [3.8, 4) is 17.2 Å². The number of carbonyl (C=O) groups excluding carboxylic acids is 2. The first-order valence-electron chi connectivity index (χ1n) is 11.2. The Morgan fingerprint density at radius 2 is 1.82 bits per heavy atom. The molecule has 3 amide bonds. The van der Waals surface area contributed by atoms with Crippen molar-refractivity contribution in [2.75, 3.05) is 45.7 Å². The van der Waals surface area contributed by atoms with Crippen LogP contribution in [0.2, 0.25) is 0 Å². The number of methoxy groups -OCH3 is 1. The molecule has 0 saturated carbocycles. The molecule has 178 valence electrons. The number of anilines is 1. The summed E-state index contributed by atoms with van der Waals surface area (Å²) >= 11 is 0. The van der Waals surface area contributed by atoms with E-state index in [9.17, 15) is 9.59 Å². The molecule has 0 aliphatic carbocycles. The fraction of sp³-hybridized carbons (Fsp3) is 0.320. The lowest BCUT2D eigenvalue weighted by atomic mass is 10.1. The Morgan fingerprint density at radius 1 is 1.09 bits per heavy atom. The quantitative estimate of drug-likeness (QED) is 0.582. The van der Waals surface area contributed by atoms with Crippen molar-refractivity contribution >= 4 is 17.6 Å². The molecule has 0 bridgehead atoms. The van der Waals surface area contributed by atoms with Crippen LogP contribution in [0.4, 0.5) is 10.5 Å². The smallest absolute Gasteiger partial charge is 0.321 e. The molecule has 2 N–H and O–H groups in total. The molecule has 4 rings (SSSR count). The summed E-state index contributed by atoms with van der Waals surface area (Å²) in [6.07, 6.45) is 0. The van der Waals surface area contributed by atoms with E-state index in [0.717, 1.165) is 30.1 Å². The minimum Gasteiger partial charge on any atom is -0.497 e. The second-order valence-corrected chi connectivity index (χ2v) is 8.10. The van der Waals surface area contributed by atoms with Crippen molar-refractivity contribution in [2.24, 2.45) is 0 Å². The average molecular weight is 464 g/mol. The Morgan fingerprint density at radius 3 is 2.50 bits per heavy atom. The summed E-state index contributed by atoms with van der Waals surface area (Å²) in [5, 5.41) is 5.54. The average Bonchev–Trinajstić information content (AvgIpc) is 3.24. The highest BCUT2D eigenvalue weighted by Crippen LogP contribution is 2.24. The maximum absolute atomic E-state index is 12.6. The van der Waals surface area contributed by atoms with Crippen molar-refractivity contribution in [3.63, 3.8) is 0 Å². The van der Waals surface area contributed by atoms with Crippen LogP contribution < -0.4 is 15.4 Å². The normalized spacial score (nSPS) is 14.0. The molecule has 9 heteroatoms. The number of nitrogens with one attached hydrogen (secondary N) is 2. The van der Waals surface area contributed by atoms with Gasteiger partial charge in [-0.1, -0.05) is 6.07 Å². The van der Waals surface area contributed by atoms with Gasteiger partial charge in [-0.3, -0.25) is 9.69 Å². The summed E-state index contributed by atoms with van der Waals surface area (Å²) in [5.74, 6) is 1.87. The van der Waals surface area contributed by atoms with Gasteiger partial charge < -0.3 is 24.7 Å². The number of aromatic nitrogens is 1. The molecule has 9 nitrogen and oxygen atoms in total. The van der Waals surface area contributed by atoms with Crippen molar-refractivity contribution in [1.29, 1.82) is 0 Å². The molecule has 1 aliphatic rings. The largest absolute Gasteiger partial charge is 0.497 e. The fourth-order valence-electron chi connectivity index (χ4n) is 3.83. The molecular formula is C25H29N5O4. The van der Waals surface area contributed by atoms with Crippen LogP contribution in [-0.4, -0.2) is 67.1 Å². The third-order valence-corrected chi connectivity index (χ3v) is 5.87. The summed E-state index contributed by atoms with van der Waals surface area (Å²) in [6.45, 7) is 5.29. The Kier molecular flexibility index (Phi) is 7.12. The van der Waals surface area contributed by atoms with E-state index >= 15 is 0 Å². The van der Waals surface area contributed by atoms with Crippen molar-refractivity contribution < 1.29 is 18.7 Å². The molecular weight excluding hydrogens is 434 g/mol. The van der Waals surface area contributed by atoms with Gasteiger partial charge in [-0.2, -0.15) is 0 Å². The maximum Gasteiger partial charge on any atom is 0.321 e. The van der Waals surface area contributed by atoms with Crippen molar-refractivity contribution in [2.45, 2.75) is 13.5 Å². The van der Waals surface area contributed by atoms with Crippen LogP contribution in [0, 0.1) is 6.92 Å². The molecule has 1 saturated heterocycles. The highest BCUT2D eigenvalue weighted by Gasteiger charge is 2.23. The zero-order valence-electron chi connectivity index (χ0n) is 19.6. The summed E-state index contributed by atoms with van der Waals surface area (Å²) in [7, 11) is 3.20. The van der Waals surface area contributed by atoms with Gasteiger partial charge in [0.05, 0.1) is 12.8 Å². The lowest BCUT2D eigenvalue weighted by molar-refractivity contribution is 0.0963. The van der Waals surface area contributed by atoms with Gasteiger partial charge in [0.1, 0.15) is 11.5 Å². The summed E-state index contributed by atoms with van der Waals surface area (Å²) in [6, 6.07) is 14.4. The SMILES string of the molecule is CNC(=O)c1ccc(-c2nc(CN3CCN(C(=O)Nc4cccc(OC)c4)CC3)c(C)o2)cc1. The van der Waals surface area contributed by atoms with Gasteiger partial charge in [-0.05, 0) is 43.3 Å². The van der Waals surface area contributed by atoms with Crippen LogP contribution in [0.5, 0.6) is 5.75 Å². The Bertz CT molecular complexity index is 1150. The molecule has 2 aromatic carbocycles. The molecule has 0 radical (unpaired) electrons. The number of carbonyl (C=O) groups is 2. The van der Waals surface area contributed by atoms with Gasteiger partial charge in [0.25, 0.3) is 5.91 Å². The number of urea groups is 1. The molecule has 0 unspecified atom stereocenters. The van der Waals surface area contributed by atoms with E-state index in [2.05, 4.69) is 20.5 Å². The van der Waals surface area contributed by atoms with E-state index in [4.69, 9.17) is 9.15 Å². The van der Waals surface area contributed by atoms with Crippen molar-refractivity contribution in [1.82, 2.24) is 20.1 Å². The number of aryl methyl sites for hydroxylation is 1. The molecule has 3 aromatic rings. The first kappa shape index (κ1) is 23.3. The summed E-state index contributed by atoms with van der Waals surface area (Å²) < 4.78 is 11.1. The maximum atomic E-state index is 12.6. The second-order valence-electron chi connectivity index (χ2n) is 8.10. The number of ether oxygens (including phenoxy) is 1. The van der Waals surface area contributed by atoms with Crippen LogP contribution in [0.1, 0.15) is 21.8 Å². The number of rotatable bonds is 6. The van der Waals surface area contributed by atoms with E-state index in [1.807, 2.05) is 42.2 Å². The number of amides is 3. The molecule has 1 aromatic heterocycles. The standard InChI is InChI=1S/C25H29N5O4/c1-17-22(28-24(34-17)19-9-7-18(8-10-19)23(31)26-2)16-29-11-13-30(14-12-29)25(32)27-20-5-4-6-21(15-20)33-3/h4-10,15H,11-14,16H2,1-3H3,(H,26,31)(H,27,32). The third-order valence-electron chi connectivity index (χ3n) is 5.87. The van der Waals surface area contributed by atoms with Crippen molar-refractivity contribution in [3.05, 3.63) is 65.5 Å². The Labute approximate surface area is 198 Å². The number of nitrogens with zero attached hydrogens (tertiary/aromatic N) is 3. The van der Waals surface area contributed by atoms with Crippen LogP contribution in [-0.2, 0) is 6.54 Å². The lowest BCUT2D eigenvalue weighted by Gasteiger charge is -2.34. The van der Waals surface area contributed by atoms with E-state index in [1.54, 1.807) is 32.4 Å². The number of oxazole rings is 1. The number of hydrogen-bond acceptors (Lipinski definition) is 6. The topological polar surface area (TPSA) is 99.9 Å². The third kappa shape index (κ3) is 5.37. The first-order valence-corrected chi connectivity index (χ1v) is 11.2. The predicted molar refractivity (Wildman–Crippen MR) is 129 cm³/mol. The fourth-order valence-corrected chi connectivity index (χ4v) is 3.83. The molecule has 2 heterocycles. The number of hydrogen-bond donors (Lipinski definition) is 2. The molecule has 0 spiro atoms. The van der Waals surface area contributed by atoms with Crippen LogP contribution >= 0.6 is 0 Å². The monoisotopic (exact) mass is 463 g/mol. The number of benzene rings is 2. The van der Waals surface area contributed by atoms with E-state index in [0.29, 0.717) is 42.5 Å². The molecule has 1 fully saturated rings. The minimum absolute atomic E-state index is 0.118. The molecule has 1 aliphatic heterocycles. The van der Waals surface area contributed by atoms with E-state index < -0.39 is 0 Å². The summed E-state index contributed by atoms with van der Waals surface area (Å²) in [5.41, 5.74) is 2.99. The van der Waals surface area contributed by atoms with Gasteiger partial charge in [0, 0.05) is 62.7 Å².